The topological polar surface area (TPSA) is 66.2 Å². The van der Waals surface area contributed by atoms with Gasteiger partial charge in [-0.15, -0.1) is 0 Å². The van der Waals surface area contributed by atoms with Gasteiger partial charge >= 0.3 is 0 Å². The lowest BCUT2D eigenvalue weighted by atomic mass is 10.2. The Morgan fingerprint density at radius 1 is 1.18 bits per heavy atom. The predicted molar refractivity (Wildman–Crippen MR) is 107 cm³/mol. The Labute approximate surface area is 167 Å². The minimum absolute atomic E-state index is 0.0722. The van der Waals surface area contributed by atoms with Crippen LogP contribution in [0.1, 0.15) is 21.7 Å². The number of hydrogen-bond donors (Lipinski definition) is 0. The Balaban J connectivity index is 1.45. The number of carbonyl (C=O) groups is 1. The molecule has 0 fully saturated rings. The van der Waals surface area contributed by atoms with E-state index in [1.54, 1.807) is 18.5 Å². The van der Waals surface area contributed by atoms with Gasteiger partial charge in [-0.05, 0) is 38.1 Å². The average Bonchev–Trinajstić information content (AvgIpc) is 3.01. The molecule has 0 bridgehead atoms. The van der Waals surface area contributed by atoms with Gasteiger partial charge in [0.05, 0.1) is 12.3 Å². The first-order valence-electron chi connectivity index (χ1n) is 9.10. The largest absolute Gasteiger partial charge is 0.486 e. The summed E-state index contributed by atoms with van der Waals surface area (Å²) in [6.07, 6.45) is 3.25. The van der Waals surface area contributed by atoms with Crippen molar-refractivity contribution in [2.24, 2.45) is 0 Å². The molecule has 0 spiro atoms. The van der Waals surface area contributed by atoms with Crippen LogP contribution < -0.4 is 9.47 Å². The molecule has 1 aliphatic heterocycles. The van der Waals surface area contributed by atoms with Gasteiger partial charge in [0.25, 0.3) is 0 Å². The summed E-state index contributed by atoms with van der Waals surface area (Å²) in [4.78, 5) is 21.0. The zero-order valence-electron chi connectivity index (χ0n) is 15.8. The summed E-state index contributed by atoms with van der Waals surface area (Å²) in [7, 11) is 0. The Morgan fingerprint density at radius 2 is 1.93 bits per heavy atom. The van der Waals surface area contributed by atoms with Gasteiger partial charge in [0.1, 0.15) is 6.61 Å². The Kier molecular flexibility index (Phi) is 5.34. The molecule has 0 saturated carbocycles. The molecule has 4 rings (SSSR count). The summed E-state index contributed by atoms with van der Waals surface area (Å²) in [5.41, 5.74) is 2.71. The number of rotatable bonds is 6. The van der Waals surface area contributed by atoms with Crippen LogP contribution in [0, 0.1) is 13.8 Å². The van der Waals surface area contributed by atoms with Crippen molar-refractivity contribution in [2.75, 3.05) is 12.4 Å². The van der Waals surface area contributed by atoms with Crippen LogP contribution >= 0.6 is 11.8 Å². The van der Waals surface area contributed by atoms with Crippen LogP contribution in [0.5, 0.6) is 11.5 Å². The lowest BCUT2D eigenvalue weighted by molar-refractivity contribution is 0.0777. The maximum Gasteiger partial charge on any atom is 0.187 e. The average molecular weight is 395 g/mol. The van der Waals surface area contributed by atoms with Gasteiger partial charge in [0.15, 0.2) is 28.5 Å². The number of hydrogen-bond acceptors (Lipinski definition) is 6. The Hall–Kier alpha value is -2.80. The van der Waals surface area contributed by atoms with E-state index in [4.69, 9.17) is 9.47 Å². The fraction of sp³-hybridized carbons (Fsp3) is 0.286. The lowest BCUT2D eigenvalue weighted by Gasteiger charge is -2.27. The van der Waals surface area contributed by atoms with E-state index in [0.29, 0.717) is 24.1 Å². The number of fused-ring (bicyclic) bond motifs is 1. The van der Waals surface area contributed by atoms with Crippen molar-refractivity contribution in [3.8, 4) is 11.5 Å². The number of para-hydroxylation sites is 2. The monoisotopic (exact) mass is 395 g/mol. The summed E-state index contributed by atoms with van der Waals surface area (Å²) in [6, 6.07) is 11.4. The van der Waals surface area contributed by atoms with Crippen molar-refractivity contribution >= 4 is 17.5 Å². The second kappa shape index (κ2) is 8.06. The molecule has 0 saturated heterocycles. The highest BCUT2D eigenvalue weighted by molar-refractivity contribution is 7.99. The highest BCUT2D eigenvalue weighted by Crippen LogP contribution is 2.31. The van der Waals surface area contributed by atoms with Gasteiger partial charge in [0.2, 0.25) is 0 Å². The van der Waals surface area contributed by atoms with Crippen molar-refractivity contribution < 1.29 is 14.3 Å². The van der Waals surface area contributed by atoms with E-state index < -0.39 is 0 Å². The van der Waals surface area contributed by atoms with Crippen LogP contribution in [-0.4, -0.2) is 38.8 Å². The van der Waals surface area contributed by atoms with Crippen molar-refractivity contribution in [2.45, 2.75) is 31.7 Å². The highest BCUT2D eigenvalue weighted by Gasteiger charge is 2.24. The Bertz CT molecular complexity index is 988. The van der Waals surface area contributed by atoms with Gasteiger partial charge in [-0.1, -0.05) is 23.9 Å². The first-order chi connectivity index (χ1) is 13.6. The van der Waals surface area contributed by atoms with E-state index in [2.05, 4.69) is 14.5 Å². The fourth-order valence-corrected chi connectivity index (χ4v) is 3.98. The summed E-state index contributed by atoms with van der Waals surface area (Å²) < 4.78 is 14.0. The first kappa shape index (κ1) is 18.6. The van der Waals surface area contributed by atoms with E-state index in [0.717, 1.165) is 28.5 Å². The molecule has 1 atom stereocenters. The molecule has 3 heterocycles. The molecule has 3 aromatic rings. The minimum Gasteiger partial charge on any atom is -0.486 e. The van der Waals surface area contributed by atoms with Crippen molar-refractivity contribution in [3.63, 3.8) is 0 Å². The third-order valence-corrected chi connectivity index (χ3v) is 5.58. The first-order valence-corrected chi connectivity index (χ1v) is 10.1. The maximum atomic E-state index is 12.7. The molecule has 2 aromatic heterocycles. The molecule has 0 aliphatic carbocycles. The number of aryl methyl sites for hydroxylation is 1. The quantitative estimate of drug-likeness (QED) is 0.360. The van der Waals surface area contributed by atoms with E-state index in [1.165, 1.54) is 11.8 Å². The molecular weight excluding hydrogens is 374 g/mol. The predicted octanol–water partition coefficient (Wildman–Crippen LogP) is 3.71. The number of Topliss-reactive ketones (excluding diaryl/α,β-unsaturated/α-hetero) is 1. The van der Waals surface area contributed by atoms with Crippen molar-refractivity contribution in [3.05, 3.63) is 65.7 Å². The summed E-state index contributed by atoms with van der Waals surface area (Å²) in [5.74, 6) is 1.92. The van der Waals surface area contributed by atoms with Crippen LogP contribution in [0.3, 0.4) is 0 Å². The fourth-order valence-electron chi connectivity index (χ4n) is 3.29. The lowest BCUT2D eigenvalue weighted by Crippen LogP contribution is -2.33. The summed E-state index contributed by atoms with van der Waals surface area (Å²) >= 11 is 1.35. The number of benzene rings is 1. The third kappa shape index (κ3) is 3.89. The van der Waals surface area contributed by atoms with Gasteiger partial charge < -0.3 is 14.0 Å². The number of ketones is 1. The zero-order valence-corrected chi connectivity index (χ0v) is 16.6. The molecule has 6 nitrogen and oxygen atoms in total. The zero-order chi connectivity index (χ0) is 19.5. The molecular formula is C21H21N3O3S. The highest BCUT2D eigenvalue weighted by atomic mass is 32.2. The van der Waals surface area contributed by atoms with Crippen LogP contribution in [0.4, 0.5) is 0 Å². The van der Waals surface area contributed by atoms with E-state index in [1.807, 2.05) is 44.2 Å². The number of aromatic nitrogens is 3. The molecule has 7 heteroatoms. The third-order valence-electron chi connectivity index (χ3n) is 4.70. The summed E-state index contributed by atoms with van der Waals surface area (Å²) in [5, 5.41) is 0.607. The smallest absolute Gasteiger partial charge is 0.187 e. The minimum atomic E-state index is -0.102. The number of ether oxygens (including phenoxy) is 2. The van der Waals surface area contributed by atoms with Gasteiger partial charge in [0, 0.05) is 29.3 Å². The van der Waals surface area contributed by atoms with Crippen molar-refractivity contribution in [1.29, 1.82) is 0 Å². The Morgan fingerprint density at radius 3 is 2.71 bits per heavy atom. The molecule has 0 radical (unpaired) electrons. The maximum absolute atomic E-state index is 12.7. The number of nitrogens with zero attached hydrogens (tertiary/aromatic N) is 3. The van der Waals surface area contributed by atoms with Gasteiger partial charge in [-0.25, -0.2) is 9.97 Å². The summed E-state index contributed by atoms with van der Waals surface area (Å²) in [6.45, 7) is 5.10. The van der Waals surface area contributed by atoms with Crippen LogP contribution in [-0.2, 0) is 6.54 Å². The van der Waals surface area contributed by atoms with Crippen LogP contribution in [0.2, 0.25) is 0 Å². The molecule has 28 heavy (non-hydrogen) atoms. The molecule has 0 N–H and O–H groups in total. The van der Waals surface area contributed by atoms with Gasteiger partial charge in [-0.3, -0.25) is 4.79 Å². The molecule has 144 valence electrons. The van der Waals surface area contributed by atoms with Gasteiger partial charge in [-0.2, -0.15) is 0 Å². The molecule has 1 aromatic carbocycles. The van der Waals surface area contributed by atoms with Crippen molar-refractivity contribution in [1.82, 2.24) is 14.5 Å². The SMILES string of the molecule is Cc1cc(C(=O)CSc2ncccn2)c(C)n1CC1COc2ccccc2O1. The van der Waals surface area contributed by atoms with E-state index in [9.17, 15) is 4.79 Å². The van der Waals surface area contributed by atoms with E-state index >= 15 is 0 Å². The molecule has 0 amide bonds. The van der Waals surface area contributed by atoms with Crippen LogP contribution in [0.25, 0.3) is 0 Å². The van der Waals surface area contributed by atoms with Crippen LogP contribution in [0.15, 0.2) is 53.9 Å². The molecule has 1 unspecified atom stereocenters. The van der Waals surface area contributed by atoms with E-state index in [-0.39, 0.29) is 11.9 Å². The standard InChI is InChI=1S/C21H21N3O3S/c1-14-10-17(18(25)13-28-21-22-8-5-9-23-21)15(2)24(14)11-16-12-26-19-6-3-4-7-20(19)27-16/h3-10,16H,11-13H2,1-2H3. The second-order valence-electron chi connectivity index (χ2n) is 6.64. The molecule has 1 aliphatic rings. The number of thioether (sulfide) groups is 1. The second-order valence-corrected chi connectivity index (χ2v) is 7.58. The number of carbonyl (C=O) groups excluding carboxylic acids is 1. The normalized spacial score (nSPS) is 15.4.